The SMILES string of the molecule is C[C@@H](Sc1nccn1C1CC1)C(=O)NC[C@@H]1COc2ccccc2O1. The largest absolute Gasteiger partial charge is 0.486 e. The van der Waals surface area contributed by atoms with Crippen molar-refractivity contribution in [1.82, 2.24) is 14.9 Å². The Morgan fingerprint density at radius 1 is 1.40 bits per heavy atom. The summed E-state index contributed by atoms with van der Waals surface area (Å²) in [6.45, 7) is 2.76. The van der Waals surface area contributed by atoms with Gasteiger partial charge in [0.2, 0.25) is 5.91 Å². The zero-order valence-corrected chi connectivity index (χ0v) is 14.9. The van der Waals surface area contributed by atoms with E-state index in [1.54, 1.807) is 6.20 Å². The lowest BCUT2D eigenvalue weighted by Crippen LogP contribution is -2.42. The van der Waals surface area contributed by atoms with Crippen LogP contribution in [0.4, 0.5) is 0 Å². The van der Waals surface area contributed by atoms with Crippen LogP contribution in [0.1, 0.15) is 25.8 Å². The minimum atomic E-state index is -0.211. The number of thioether (sulfide) groups is 1. The number of amides is 1. The predicted octanol–water partition coefficient (Wildman–Crippen LogP) is 2.65. The van der Waals surface area contributed by atoms with E-state index >= 15 is 0 Å². The second-order valence-electron chi connectivity index (χ2n) is 6.35. The second kappa shape index (κ2) is 7.00. The quantitative estimate of drug-likeness (QED) is 0.804. The fourth-order valence-corrected chi connectivity index (χ4v) is 3.71. The molecule has 1 saturated carbocycles. The zero-order chi connectivity index (χ0) is 17.2. The van der Waals surface area contributed by atoms with Gasteiger partial charge in [-0.05, 0) is 31.9 Å². The number of ether oxygens (including phenoxy) is 2. The van der Waals surface area contributed by atoms with E-state index in [-0.39, 0.29) is 17.3 Å². The average Bonchev–Trinajstić information content (AvgIpc) is 3.38. The highest BCUT2D eigenvalue weighted by Crippen LogP contribution is 2.38. The third-order valence-electron chi connectivity index (χ3n) is 4.30. The van der Waals surface area contributed by atoms with Gasteiger partial charge in [0.1, 0.15) is 12.7 Å². The van der Waals surface area contributed by atoms with Gasteiger partial charge in [-0.25, -0.2) is 4.98 Å². The van der Waals surface area contributed by atoms with Gasteiger partial charge in [-0.1, -0.05) is 23.9 Å². The molecule has 1 aromatic carbocycles. The molecule has 1 aliphatic heterocycles. The number of para-hydroxylation sites is 2. The summed E-state index contributed by atoms with van der Waals surface area (Å²) in [5.74, 6) is 1.46. The van der Waals surface area contributed by atoms with Crippen LogP contribution in [0.3, 0.4) is 0 Å². The van der Waals surface area contributed by atoms with Gasteiger partial charge in [-0.15, -0.1) is 0 Å². The molecule has 25 heavy (non-hydrogen) atoms. The van der Waals surface area contributed by atoms with Crippen LogP contribution in [0.25, 0.3) is 0 Å². The topological polar surface area (TPSA) is 65.4 Å². The van der Waals surface area contributed by atoms with Gasteiger partial charge < -0.3 is 19.4 Å². The van der Waals surface area contributed by atoms with E-state index in [2.05, 4.69) is 14.9 Å². The summed E-state index contributed by atoms with van der Waals surface area (Å²) in [6.07, 6.45) is 6.02. The number of imidazole rings is 1. The van der Waals surface area contributed by atoms with Crippen molar-refractivity contribution < 1.29 is 14.3 Å². The molecule has 1 amide bonds. The van der Waals surface area contributed by atoms with Crippen LogP contribution >= 0.6 is 11.8 Å². The molecule has 2 heterocycles. The summed E-state index contributed by atoms with van der Waals surface area (Å²) in [6, 6.07) is 8.14. The molecule has 0 unspecified atom stereocenters. The van der Waals surface area contributed by atoms with Crippen LogP contribution in [-0.4, -0.2) is 40.0 Å². The van der Waals surface area contributed by atoms with Crippen molar-refractivity contribution in [2.45, 2.75) is 42.3 Å². The van der Waals surface area contributed by atoms with E-state index in [4.69, 9.17) is 9.47 Å². The fourth-order valence-electron chi connectivity index (χ4n) is 2.75. The molecule has 132 valence electrons. The molecule has 1 aromatic heterocycles. The van der Waals surface area contributed by atoms with Gasteiger partial charge in [0.05, 0.1) is 11.8 Å². The maximum atomic E-state index is 12.4. The first-order chi connectivity index (χ1) is 12.2. The lowest BCUT2D eigenvalue weighted by atomic mass is 10.2. The van der Waals surface area contributed by atoms with Crippen molar-refractivity contribution in [2.75, 3.05) is 13.2 Å². The lowest BCUT2D eigenvalue weighted by molar-refractivity contribution is -0.120. The standard InChI is InChI=1S/C18H21N3O3S/c1-12(25-18-19-8-9-21(18)13-6-7-13)17(22)20-10-14-11-23-15-4-2-3-5-16(15)24-14/h2-5,8-9,12-14H,6-7,10-11H2,1H3,(H,20,22)/t12-,14-/m1/s1. The van der Waals surface area contributed by atoms with Crippen LogP contribution in [0.15, 0.2) is 41.8 Å². The van der Waals surface area contributed by atoms with E-state index in [1.807, 2.05) is 37.4 Å². The number of carbonyl (C=O) groups is 1. The van der Waals surface area contributed by atoms with Gasteiger partial charge in [0.15, 0.2) is 16.7 Å². The van der Waals surface area contributed by atoms with E-state index in [9.17, 15) is 4.79 Å². The molecule has 0 spiro atoms. The molecule has 0 saturated heterocycles. The van der Waals surface area contributed by atoms with E-state index in [0.29, 0.717) is 19.2 Å². The zero-order valence-electron chi connectivity index (χ0n) is 14.1. The van der Waals surface area contributed by atoms with E-state index in [0.717, 1.165) is 16.7 Å². The molecule has 2 aromatic rings. The average molecular weight is 359 g/mol. The second-order valence-corrected chi connectivity index (χ2v) is 7.66. The van der Waals surface area contributed by atoms with Gasteiger partial charge >= 0.3 is 0 Å². The van der Waals surface area contributed by atoms with Crippen LogP contribution in [0.5, 0.6) is 11.5 Å². The molecule has 6 nitrogen and oxygen atoms in total. The Bertz CT molecular complexity index is 760. The molecular weight excluding hydrogens is 338 g/mol. The summed E-state index contributed by atoms with van der Waals surface area (Å²) in [5.41, 5.74) is 0. The van der Waals surface area contributed by atoms with Crippen LogP contribution in [-0.2, 0) is 4.79 Å². The van der Waals surface area contributed by atoms with E-state index in [1.165, 1.54) is 24.6 Å². The fraction of sp³-hybridized carbons (Fsp3) is 0.444. The maximum Gasteiger partial charge on any atom is 0.233 e. The minimum Gasteiger partial charge on any atom is -0.486 e. The van der Waals surface area contributed by atoms with Crippen LogP contribution in [0.2, 0.25) is 0 Å². The highest BCUT2D eigenvalue weighted by atomic mass is 32.2. The number of nitrogens with one attached hydrogen (secondary N) is 1. The van der Waals surface area contributed by atoms with Crippen LogP contribution in [0, 0.1) is 0 Å². The Hall–Kier alpha value is -2.15. The molecule has 1 N–H and O–H groups in total. The third kappa shape index (κ3) is 3.76. The highest BCUT2D eigenvalue weighted by Gasteiger charge is 2.27. The van der Waals surface area contributed by atoms with Crippen molar-refractivity contribution in [3.8, 4) is 11.5 Å². The minimum absolute atomic E-state index is 0.0159. The smallest absolute Gasteiger partial charge is 0.233 e. The maximum absolute atomic E-state index is 12.4. The van der Waals surface area contributed by atoms with Crippen molar-refractivity contribution in [1.29, 1.82) is 0 Å². The number of aromatic nitrogens is 2. The molecule has 1 aliphatic carbocycles. The number of benzene rings is 1. The molecule has 4 rings (SSSR count). The Balaban J connectivity index is 1.28. The molecular formula is C18H21N3O3S. The first-order valence-electron chi connectivity index (χ1n) is 8.56. The summed E-state index contributed by atoms with van der Waals surface area (Å²) in [4.78, 5) is 16.8. The monoisotopic (exact) mass is 359 g/mol. The molecule has 1 fully saturated rings. The highest BCUT2D eigenvalue weighted by molar-refractivity contribution is 8.00. The summed E-state index contributed by atoms with van der Waals surface area (Å²) < 4.78 is 13.7. The molecule has 7 heteroatoms. The number of rotatable bonds is 6. The first-order valence-corrected chi connectivity index (χ1v) is 9.44. The normalized spacial score (nSPS) is 20.1. The summed E-state index contributed by atoms with van der Waals surface area (Å²) >= 11 is 1.50. The summed E-state index contributed by atoms with van der Waals surface area (Å²) in [7, 11) is 0. The first kappa shape index (κ1) is 16.3. The molecule has 0 radical (unpaired) electrons. The number of nitrogens with zero attached hydrogens (tertiary/aromatic N) is 2. The number of hydrogen-bond donors (Lipinski definition) is 1. The van der Waals surface area contributed by atoms with Crippen LogP contribution < -0.4 is 14.8 Å². The van der Waals surface area contributed by atoms with Crippen molar-refractivity contribution in [2.24, 2.45) is 0 Å². The Morgan fingerprint density at radius 3 is 3.00 bits per heavy atom. The number of hydrogen-bond acceptors (Lipinski definition) is 5. The molecule has 2 aliphatic rings. The Morgan fingerprint density at radius 2 is 2.20 bits per heavy atom. The lowest BCUT2D eigenvalue weighted by Gasteiger charge is -2.26. The third-order valence-corrected chi connectivity index (χ3v) is 5.39. The molecule has 0 bridgehead atoms. The van der Waals surface area contributed by atoms with Crippen molar-refractivity contribution in [3.63, 3.8) is 0 Å². The number of fused-ring (bicyclic) bond motifs is 1. The Labute approximate surface area is 150 Å². The van der Waals surface area contributed by atoms with Gasteiger partial charge in [0, 0.05) is 18.4 Å². The molecule has 2 atom stereocenters. The van der Waals surface area contributed by atoms with Crippen molar-refractivity contribution in [3.05, 3.63) is 36.7 Å². The van der Waals surface area contributed by atoms with Gasteiger partial charge in [0.25, 0.3) is 0 Å². The predicted molar refractivity (Wildman–Crippen MR) is 95.2 cm³/mol. The van der Waals surface area contributed by atoms with Gasteiger partial charge in [-0.3, -0.25) is 4.79 Å². The van der Waals surface area contributed by atoms with E-state index < -0.39 is 0 Å². The number of carbonyl (C=O) groups excluding carboxylic acids is 1. The summed E-state index contributed by atoms with van der Waals surface area (Å²) in [5, 5.41) is 3.66. The van der Waals surface area contributed by atoms with Crippen molar-refractivity contribution >= 4 is 17.7 Å². The van der Waals surface area contributed by atoms with Gasteiger partial charge in [-0.2, -0.15) is 0 Å². The Kier molecular flexibility index (Phi) is 4.57.